The van der Waals surface area contributed by atoms with Gasteiger partial charge in [-0.1, -0.05) is 29.8 Å². The quantitative estimate of drug-likeness (QED) is 0.875. The Morgan fingerprint density at radius 2 is 1.86 bits per heavy atom. The molecular weight excluding hydrogens is 289 g/mol. The van der Waals surface area contributed by atoms with Crippen LogP contribution in [0, 0.1) is 5.82 Å². The van der Waals surface area contributed by atoms with E-state index in [9.17, 15) is 4.39 Å². The smallest absolute Gasteiger partial charge is 0.126 e. The van der Waals surface area contributed by atoms with E-state index in [0.29, 0.717) is 23.4 Å². The molecule has 0 radical (unpaired) electrons. The average molecular weight is 308 g/mol. The average Bonchev–Trinajstić information content (AvgIpc) is 2.49. The van der Waals surface area contributed by atoms with Crippen LogP contribution in [0.15, 0.2) is 42.5 Å². The molecule has 0 heterocycles. The lowest BCUT2D eigenvalue weighted by Gasteiger charge is -2.18. The number of ether oxygens (including phenoxy) is 1. The summed E-state index contributed by atoms with van der Waals surface area (Å²) in [5, 5.41) is 3.90. The van der Waals surface area contributed by atoms with Gasteiger partial charge in [0.2, 0.25) is 0 Å². The van der Waals surface area contributed by atoms with Crippen molar-refractivity contribution < 1.29 is 9.13 Å². The van der Waals surface area contributed by atoms with Crippen molar-refractivity contribution in [2.24, 2.45) is 0 Å². The molecule has 0 aliphatic rings. The largest absolute Gasteiger partial charge is 0.496 e. The van der Waals surface area contributed by atoms with Gasteiger partial charge in [-0.2, -0.15) is 0 Å². The first-order valence-corrected chi connectivity index (χ1v) is 7.25. The standard InChI is InChI=1S/C17H19ClFNO/c1-20-15(10-12-5-3-4-6-16(12)19)11-13-9-14(18)7-8-17(13)21-2/h3-9,15,20H,10-11H2,1-2H3. The summed E-state index contributed by atoms with van der Waals surface area (Å²) in [5.41, 5.74) is 1.72. The van der Waals surface area contributed by atoms with Crippen LogP contribution in [-0.2, 0) is 12.8 Å². The highest BCUT2D eigenvalue weighted by atomic mass is 35.5. The molecule has 4 heteroatoms. The molecule has 1 atom stereocenters. The van der Waals surface area contributed by atoms with Crippen molar-refractivity contribution in [3.05, 3.63) is 64.4 Å². The molecule has 2 nitrogen and oxygen atoms in total. The van der Waals surface area contributed by atoms with Gasteiger partial charge < -0.3 is 10.1 Å². The fourth-order valence-corrected chi connectivity index (χ4v) is 2.57. The number of hydrogen-bond donors (Lipinski definition) is 1. The van der Waals surface area contributed by atoms with Crippen molar-refractivity contribution in [1.29, 1.82) is 0 Å². The topological polar surface area (TPSA) is 21.3 Å². The summed E-state index contributed by atoms with van der Waals surface area (Å²) < 4.78 is 19.1. The van der Waals surface area contributed by atoms with E-state index in [0.717, 1.165) is 11.3 Å². The van der Waals surface area contributed by atoms with Crippen molar-refractivity contribution in [3.63, 3.8) is 0 Å². The summed E-state index contributed by atoms with van der Waals surface area (Å²) in [6.07, 6.45) is 1.33. The Morgan fingerprint density at radius 1 is 1.14 bits per heavy atom. The predicted octanol–water partition coefficient (Wildman–Crippen LogP) is 3.86. The molecule has 0 spiro atoms. The maximum Gasteiger partial charge on any atom is 0.126 e. The Labute approximate surface area is 129 Å². The third-order valence-corrected chi connectivity index (χ3v) is 3.78. The minimum absolute atomic E-state index is 0.106. The molecule has 0 aromatic heterocycles. The number of hydrogen-bond acceptors (Lipinski definition) is 2. The minimum Gasteiger partial charge on any atom is -0.496 e. The fraction of sp³-hybridized carbons (Fsp3) is 0.294. The molecule has 2 aromatic rings. The molecule has 112 valence electrons. The Kier molecular flexibility index (Phi) is 5.59. The van der Waals surface area contributed by atoms with E-state index in [1.54, 1.807) is 19.2 Å². The lowest BCUT2D eigenvalue weighted by molar-refractivity contribution is 0.405. The number of methoxy groups -OCH3 is 1. The molecule has 0 saturated heterocycles. The van der Waals surface area contributed by atoms with Gasteiger partial charge in [-0.3, -0.25) is 0 Å². The van der Waals surface area contributed by atoms with Crippen LogP contribution in [0.2, 0.25) is 5.02 Å². The molecule has 2 aromatic carbocycles. The van der Waals surface area contributed by atoms with E-state index in [4.69, 9.17) is 16.3 Å². The number of halogens is 2. The Hall–Kier alpha value is -1.58. The number of likely N-dealkylation sites (N-methyl/N-ethyl adjacent to an activating group) is 1. The summed E-state index contributed by atoms with van der Waals surface area (Å²) in [5.74, 6) is 0.629. The van der Waals surface area contributed by atoms with Crippen LogP contribution >= 0.6 is 11.6 Å². The molecule has 1 N–H and O–H groups in total. The highest BCUT2D eigenvalue weighted by molar-refractivity contribution is 6.30. The third kappa shape index (κ3) is 4.19. The van der Waals surface area contributed by atoms with Crippen molar-refractivity contribution >= 4 is 11.6 Å². The summed E-state index contributed by atoms with van der Waals surface area (Å²) in [6.45, 7) is 0. The van der Waals surface area contributed by atoms with E-state index in [1.165, 1.54) is 6.07 Å². The molecule has 0 saturated carbocycles. The fourth-order valence-electron chi connectivity index (χ4n) is 2.38. The predicted molar refractivity (Wildman–Crippen MR) is 84.7 cm³/mol. The van der Waals surface area contributed by atoms with Gasteiger partial charge in [0.1, 0.15) is 11.6 Å². The van der Waals surface area contributed by atoms with Crippen LogP contribution in [0.5, 0.6) is 5.75 Å². The second-order valence-corrected chi connectivity index (χ2v) is 5.38. The molecule has 21 heavy (non-hydrogen) atoms. The van der Waals surface area contributed by atoms with Gasteiger partial charge in [0.25, 0.3) is 0 Å². The molecule has 1 unspecified atom stereocenters. The third-order valence-electron chi connectivity index (χ3n) is 3.54. The van der Waals surface area contributed by atoms with Crippen molar-refractivity contribution in [2.45, 2.75) is 18.9 Å². The minimum atomic E-state index is -0.171. The molecule has 2 rings (SSSR count). The second-order valence-electron chi connectivity index (χ2n) is 4.94. The molecule has 0 aliphatic heterocycles. The number of rotatable bonds is 6. The van der Waals surface area contributed by atoms with Gasteiger partial charge >= 0.3 is 0 Å². The van der Waals surface area contributed by atoms with Crippen LogP contribution in [-0.4, -0.2) is 20.2 Å². The van der Waals surface area contributed by atoms with Gasteiger partial charge in [-0.25, -0.2) is 4.39 Å². The first-order valence-electron chi connectivity index (χ1n) is 6.87. The Bertz CT molecular complexity index is 603. The second kappa shape index (κ2) is 7.43. The molecule has 0 aliphatic carbocycles. The van der Waals surface area contributed by atoms with Gasteiger partial charge in [-0.15, -0.1) is 0 Å². The number of benzene rings is 2. The lowest BCUT2D eigenvalue weighted by atomic mass is 9.98. The van der Waals surface area contributed by atoms with Crippen LogP contribution in [0.1, 0.15) is 11.1 Å². The van der Waals surface area contributed by atoms with Gasteiger partial charge in [0, 0.05) is 11.1 Å². The zero-order valence-electron chi connectivity index (χ0n) is 12.2. The maximum atomic E-state index is 13.8. The van der Waals surface area contributed by atoms with E-state index < -0.39 is 0 Å². The summed E-state index contributed by atoms with van der Waals surface area (Å²) in [7, 11) is 3.51. The lowest BCUT2D eigenvalue weighted by Crippen LogP contribution is -2.30. The van der Waals surface area contributed by atoms with Crippen molar-refractivity contribution in [1.82, 2.24) is 5.32 Å². The van der Waals surface area contributed by atoms with E-state index in [2.05, 4.69) is 5.32 Å². The highest BCUT2D eigenvalue weighted by Crippen LogP contribution is 2.24. The van der Waals surface area contributed by atoms with E-state index in [-0.39, 0.29) is 11.9 Å². The SMILES string of the molecule is CNC(Cc1ccccc1F)Cc1cc(Cl)ccc1OC. The van der Waals surface area contributed by atoms with Gasteiger partial charge in [-0.05, 0) is 55.3 Å². The first kappa shape index (κ1) is 15.8. The van der Waals surface area contributed by atoms with Crippen molar-refractivity contribution in [2.75, 3.05) is 14.2 Å². The van der Waals surface area contributed by atoms with Gasteiger partial charge in [0.05, 0.1) is 7.11 Å². The van der Waals surface area contributed by atoms with E-state index in [1.807, 2.05) is 31.3 Å². The monoisotopic (exact) mass is 307 g/mol. The van der Waals surface area contributed by atoms with Crippen molar-refractivity contribution in [3.8, 4) is 5.75 Å². The molecule has 0 bridgehead atoms. The number of nitrogens with one attached hydrogen (secondary N) is 1. The summed E-state index contributed by atoms with van der Waals surface area (Å²) in [4.78, 5) is 0. The molecular formula is C17H19ClFNO. The van der Waals surface area contributed by atoms with Crippen LogP contribution in [0.25, 0.3) is 0 Å². The van der Waals surface area contributed by atoms with E-state index >= 15 is 0 Å². The normalized spacial score (nSPS) is 12.2. The summed E-state index contributed by atoms with van der Waals surface area (Å²) in [6, 6.07) is 12.5. The van der Waals surface area contributed by atoms with Crippen LogP contribution in [0.3, 0.4) is 0 Å². The maximum absolute atomic E-state index is 13.8. The zero-order valence-corrected chi connectivity index (χ0v) is 13.0. The van der Waals surface area contributed by atoms with Gasteiger partial charge in [0.15, 0.2) is 0 Å². The Balaban J connectivity index is 2.16. The highest BCUT2D eigenvalue weighted by Gasteiger charge is 2.14. The molecule has 0 amide bonds. The first-order chi connectivity index (χ1) is 10.1. The molecule has 0 fully saturated rings. The van der Waals surface area contributed by atoms with Crippen LogP contribution < -0.4 is 10.1 Å². The zero-order chi connectivity index (χ0) is 15.2. The van der Waals surface area contributed by atoms with Crippen LogP contribution in [0.4, 0.5) is 4.39 Å². The Morgan fingerprint density at radius 3 is 2.52 bits per heavy atom. The summed E-state index contributed by atoms with van der Waals surface area (Å²) >= 11 is 6.05.